The van der Waals surface area contributed by atoms with E-state index in [-0.39, 0.29) is 23.1 Å². The van der Waals surface area contributed by atoms with Crippen LogP contribution in [0.25, 0.3) is 105 Å². The lowest BCUT2D eigenvalue weighted by atomic mass is 9.43. The Morgan fingerprint density at radius 3 is 2.00 bits per heavy atom. The number of fused-ring (bicyclic) bond motifs is 18. The van der Waals surface area contributed by atoms with Crippen molar-refractivity contribution in [1.82, 2.24) is 4.57 Å². The maximum atomic E-state index is 7.35. The largest absolute Gasteiger partial charge is 0.464 e. The van der Waals surface area contributed by atoms with Gasteiger partial charge in [0.15, 0.2) is 0 Å². The van der Waals surface area contributed by atoms with Gasteiger partial charge in [-0.2, -0.15) is 0 Å². The summed E-state index contributed by atoms with van der Waals surface area (Å²) in [5.74, 6) is 0. The van der Waals surface area contributed by atoms with Crippen LogP contribution in [0.4, 0.5) is 11.4 Å². The lowest BCUT2D eigenvalue weighted by molar-refractivity contribution is 0.332. The summed E-state index contributed by atoms with van der Waals surface area (Å²) < 4.78 is 23.4. The smallest absolute Gasteiger partial charge is 0.333 e. The topological polar surface area (TPSA) is 47.6 Å². The summed E-state index contributed by atoms with van der Waals surface area (Å²) in [4.78, 5) is 2.59. The molecule has 0 radical (unpaired) electrons. The van der Waals surface area contributed by atoms with Crippen molar-refractivity contribution in [3.8, 4) is 27.9 Å². The van der Waals surface area contributed by atoms with E-state index in [0.717, 1.165) is 95.9 Å². The molecule has 6 heterocycles. The first kappa shape index (κ1) is 38.6. The molecule has 0 saturated carbocycles. The third-order valence-electron chi connectivity index (χ3n) is 16.4. The van der Waals surface area contributed by atoms with Gasteiger partial charge < -0.3 is 22.6 Å². The molecule has 0 bridgehead atoms. The van der Waals surface area contributed by atoms with Crippen molar-refractivity contribution >= 4 is 106 Å². The predicted molar refractivity (Wildman–Crippen MR) is 284 cm³/mol. The Bertz CT molecular complexity index is 4190. The molecule has 0 N–H and O–H groups in total. The molecule has 6 heteroatoms. The number of aromatic nitrogens is 1. The Morgan fingerprint density at radius 2 is 1.25 bits per heavy atom. The van der Waals surface area contributed by atoms with Crippen molar-refractivity contribution in [2.45, 2.75) is 77.6 Å². The van der Waals surface area contributed by atoms with Crippen LogP contribution < -0.4 is 15.7 Å². The summed E-state index contributed by atoms with van der Waals surface area (Å²) in [5.41, 5.74) is 21.4. The second-order valence-corrected chi connectivity index (χ2v) is 22.3. The van der Waals surface area contributed by atoms with Gasteiger partial charge in [0, 0.05) is 77.5 Å². The van der Waals surface area contributed by atoms with E-state index < -0.39 is 0 Å². The van der Waals surface area contributed by atoms with Gasteiger partial charge in [-0.3, -0.25) is 0 Å². The van der Waals surface area contributed by atoms with E-state index in [1.54, 1.807) is 0 Å². The summed E-state index contributed by atoms with van der Waals surface area (Å²) in [5, 5.41) is 8.14. The first-order chi connectivity index (χ1) is 32.8. The number of para-hydroxylation sites is 2. The fourth-order valence-corrected chi connectivity index (χ4v) is 12.8. The van der Waals surface area contributed by atoms with Crippen LogP contribution in [-0.4, -0.2) is 11.4 Å². The maximum absolute atomic E-state index is 7.35. The Hall–Kier alpha value is -7.44. The van der Waals surface area contributed by atoms with Crippen molar-refractivity contribution in [1.29, 1.82) is 0 Å². The number of benzene rings is 8. The second-order valence-electron chi connectivity index (χ2n) is 22.3. The molecule has 0 fully saturated rings. The molecule has 68 heavy (non-hydrogen) atoms. The van der Waals surface area contributed by atoms with Gasteiger partial charge in [0.1, 0.15) is 27.9 Å². The number of furan rings is 3. The minimum Gasteiger partial charge on any atom is -0.464 e. The standard InChI is InChI=1S/C62H49BN2O3/c1-60(2,3)35-21-23-36(24-22-35)65-48-32-53-39(37-17-11-13-19-50(37)67-53)27-41(48)56-57-58-54(55-38-18-12-14-20-51(38)68-59(55)56)42-28-44-45(62(6,7)26-25-61(44,4)5)30-47(42)64(58)49-29-40-43(34-15-9-8-10-16-34)33-66-52(40)31-46(49)63(57)65/h8-24,27-33H,25-26H2,1-7H3. The zero-order valence-electron chi connectivity index (χ0n) is 39.5. The van der Waals surface area contributed by atoms with Crippen molar-refractivity contribution in [2.75, 3.05) is 4.81 Å². The molecule has 8 aromatic carbocycles. The zero-order valence-corrected chi connectivity index (χ0v) is 39.5. The van der Waals surface area contributed by atoms with Gasteiger partial charge in [-0.25, -0.2) is 0 Å². The molecule has 0 saturated heterocycles. The summed E-state index contributed by atoms with van der Waals surface area (Å²) >= 11 is 0. The van der Waals surface area contributed by atoms with E-state index in [0.29, 0.717) is 0 Å². The molecule has 0 atom stereocenters. The van der Waals surface area contributed by atoms with E-state index in [1.165, 1.54) is 60.5 Å². The van der Waals surface area contributed by atoms with Crippen LogP contribution in [-0.2, 0) is 16.2 Å². The molecule has 0 unspecified atom stereocenters. The Labute approximate surface area is 394 Å². The second kappa shape index (κ2) is 12.8. The van der Waals surface area contributed by atoms with Crippen molar-refractivity contribution in [3.05, 3.63) is 162 Å². The van der Waals surface area contributed by atoms with Gasteiger partial charge in [0.05, 0.1) is 17.3 Å². The highest BCUT2D eigenvalue weighted by molar-refractivity contribution is 6.94. The van der Waals surface area contributed by atoms with Crippen LogP contribution in [0.15, 0.2) is 159 Å². The van der Waals surface area contributed by atoms with E-state index >= 15 is 0 Å². The summed E-state index contributed by atoms with van der Waals surface area (Å²) in [6, 6.07) is 51.7. The van der Waals surface area contributed by atoms with Crippen LogP contribution in [0, 0.1) is 0 Å². The van der Waals surface area contributed by atoms with E-state index in [4.69, 9.17) is 13.3 Å². The molecule has 3 aliphatic rings. The minimum atomic E-state index is -0.260. The van der Waals surface area contributed by atoms with Gasteiger partial charge in [-0.1, -0.05) is 127 Å². The van der Waals surface area contributed by atoms with Crippen molar-refractivity contribution in [2.24, 2.45) is 0 Å². The van der Waals surface area contributed by atoms with Crippen LogP contribution in [0.1, 0.15) is 78.0 Å². The summed E-state index contributed by atoms with van der Waals surface area (Å²) in [6.07, 6.45) is 4.22. The molecular formula is C62H49BN2O3. The first-order valence-electron chi connectivity index (χ1n) is 24.3. The molecule has 1 aliphatic carbocycles. The Morgan fingerprint density at radius 1 is 0.559 bits per heavy atom. The number of hydrogen-bond acceptors (Lipinski definition) is 4. The zero-order chi connectivity index (χ0) is 45.7. The average Bonchev–Trinajstić information content (AvgIpc) is 4.11. The molecular weight excluding hydrogens is 832 g/mol. The monoisotopic (exact) mass is 880 g/mol. The van der Waals surface area contributed by atoms with Crippen LogP contribution in [0.2, 0.25) is 0 Å². The van der Waals surface area contributed by atoms with Gasteiger partial charge in [-0.15, -0.1) is 0 Å². The normalized spacial score (nSPS) is 15.9. The molecule has 4 aromatic heterocycles. The van der Waals surface area contributed by atoms with Crippen LogP contribution in [0.3, 0.4) is 0 Å². The highest BCUT2D eigenvalue weighted by atomic mass is 16.3. The molecule has 2 aliphatic heterocycles. The Balaban J connectivity index is 1.19. The highest BCUT2D eigenvalue weighted by Crippen LogP contribution is 2.55. The lowest BCUT2D eigenvalue weighted by Crippen LogP contribution is -2.60. The predicted octanol–water partition coefficient (Wildman–Crippen LogP) is 15.9. The number of rotatable bonds is 2. The fourth-order valence-electron chi connectivity index (χ4n) is 12.8. The fraction of sp³-hybridized carbons (Fsp3) is 0.194. The highest BCUT2D eigenvalue weighted by Gasteiger charge is 2.48. The number of anilines is 2. The molecule has 15 rings (SSSR count). The van der Waals surface area contributed by atoms with E-state index in [9.17, 15) is 0 Å². The SMILES string of the molecule is CC(C)(C)c1ccc(N2B3c4cc5occ(-c6ccccc6)c5cc4-n4c5cc6c(cc5c5c7c(oc8ccccc87)c(c3c54)-c3cc4c(cc32)oc2ccccc24)C(C)(C)CCC6(C)C)cc1. The lowest BCUT2D eigenvalue weighted by Gasteiger charge is -2.42. The van der Waals surface area contributed by atoms with Gasteiger partial charge in [0.2, 0.25) is 0 Å². The van der Waals surface area contributed by atoms with Gasteiger partial charge in [0.25, 0.3) is 0 Å². The summed E-state index contributed by atoms with van der Waals surface area (Å²) in [7, 11) is 0. The molecule has 0 spiro atoms. The van der Waals surface area contributed by atoms with Gasteiger partial charge >= 0.3 is 6.85 Å². The van der Waals surface area contributed by atoms with E-state index in [1.807, 2.05) is 6.26 Å². The minimum absolute atomic E-state index is 0.00748. The van der Waals surface area contributed by atoms with Crippen molar-refractivity contribution < 1.29 is 13.3 Å². The maximum Gasteiger partial charge on any atom is 0.333 e. The Kier molecular flexibility index (Phi) is 7.25. The third kappa shape index (κ3) is 4.92. The van der Waals surface area contributed by atoms with Crippen molar-refractivity contribution in [3.63, 3.8) is 0 Å². The first-order valence-corrected chi connectivity index (χ1v) is 24.3. The van der Waals surface area contributed by atoms with Crippen LogP contribution in [0.5, 0.6) is 0 Å². The number of nitrogens with zero attached hydrogens (tertiary/aromatic N) is 2. The molecule has 0 amide bonds. The molecule has 12 aromatic rings. The van der Waals surface area contributed by atoms with E-state index in [2.05, 4.69) is 197 Å². The molecule has 5 nitrogen and oxygen atoms in total. The molecule has 328 valence electrons. The quantitative estimate of drug-likeness (QED) is 0.162. The third-order valence-corrected chi connectivity index (χ3v) is 16.4. The van der Waals surface area contributed by atoms with Gasteiger partial charge in [-0.05, 0) is 117 Å². The number of hydrogen-bond donors (Lipinski definition) is 0. The average molecular weight is 881 g/mol. The summed E-state index contributed by atoms with van der Waals surface area (Å²) in [6.45, 7) is 16.4. The van der Waals surface area contributed by atoms with Crippen LogP contribution >= 0.6 is 0 Å².